The van der Waals surface area contributed by atoms with E-state index in [1.54, 1.807) is 12.4 Å². The van der Waals surface area contributed by atoms with Crippen molar-refractivity contribution in [3.05, 3.63) is 18.2 Å². The van der Waals surface area contributed by atoms with Crippen molar-refractivity contribution in [2.45, 2.75) is 38.6 Å². The molecule has 1 aromatic heterocycles. The Morgan fingerprint density at radius 2 is 2.11 bits per heavy atom. The lowest BCUT2D eigenvalue weighted by molar-refractivity contribution is -0.149. The number of H-pyrrole nitrogens is 1. The highest BCUT2D eigenvalue weighted by Crippen LogP contribution is 2.30. The van der Waals surface area contributed by atoms with Crippen LogP contribution in [0, 0.1) is 11.8 Å². The second kappa shape index (κ2) is 5.86. The second-order valence-corrected chi connectivity index (χ2v) is 5.04. The van der Waals surface area contributed by atoms with Gasteiger partial charge in [-0.2, -0.15) is 0 Å². The zero-order valence-corrected chi connectivity index (χ0v) is 10.9. The van der Waals surface area contributed by atoms with Crippen LogP contribution in [0.1, 0.15) is 44.5 Å². The Balaban J connectivity index is 2.00. The number of rotatable bonds is 4. The van der Waals surface area contributed by atoms with E-state index in [1.165, 1.54) is 0 Å². The molecular formula is C13H19N3O3. The van der Waals surface area contributed by atoms with E-state index >= 15 is 0 Å². The van der Waals surface area contributed by atoms with Gasteiger partial charge in [-0.15, -0.1) is 0 Å². The molecule has 3 atom stereocenters. The lowest BCUT2D eigenvalue weighted by atomic mass is 9.78. The maximum absolute atomic E-state index is 12.2. The molecule has 0 bridgehead atoms. The largest absolute Gasteiger partial charge is 0.481 e. The van der Waals surface area contributed by atoms with Gasteiger partial charge < -0.3 is 15.4 Å². The molecule has 1 amide bonds. The molecular weight excluding hydrogens is 246 g/mol. The molecule has 0 saturated heterocycles. The molecule has 1 heterocycles. The summed E-state index contributed by atoms with van der Waals surface area (Å²) in [5.41, 5.74) is 0. The highest BCUT2D eigenvalue weighted by molar-refractivity contribution is 5.85. The molecule has 1 unspecified atom stereocenters. The molecule has 2 rings (SSSR count). The van der Waals surface area contributed by atoms with Crippen molar-refractivity contribution in [2.24, 2.45) is 11.8 Å². The summed E-state index contributed by atoms with van der Waals surface area (Å²) in [6, 6.07) is -0.237. The average molecular weight is 265 g/mol. The minimum atomic E-state index is -0.870. The number of carbonyl (C=O) groups excluding carboxylic acids is 1. The van der Waals surface area contributed by atoms with Crippen LogP contribution < -0.4 is 5.32 Å². The Hall–Kier alpha value is -1.85. The monoisotopic (exact) mass is 265 g/mol. The number of amides is 1. The van der Waals surface area contributed by atoms with Crippen LogP contribution in [0.5, 0.6) is 0 Å². The summed E-state index contributed by atoms with van der Waals surface area (Å²) in [5, 5.41) is 12.0. The fourth-order valence-corrected chi connectivity index (χ4v) is 2.64. The van der Waals surface area contributed by atoms with Crippen LogP contribution in [-0.2, 0) is 9.59 Å². The molecule has 19 heavy (non-hydrogen) atoms. The van der Waals surface area contributed by atoms with Crippen molar-refractivity contribution in [3.8, 4) is 0 Å². The summed E-state index contributed by atoms with van der Waals surface area (Å²) in [7, 11) is 0. The number of aromatic amines is 1. The van der Waals surface area contributed by atoms with Crippen LogP contribution in [0.25, 0.3) is 0 Å². The second-order valence-electron chi connectivity index (χ2n) is 5.04. The summed E-state index contributed by atoms with van der Waals surface area (Å²) < 4.78 is 0. The third kappa shape index (κ3) is 3.13. The normalized spacial score (nSPS) is 24.7. The van der Waals surface area contributed by atoms with Crippen molar-refractivity contribution in [2.75, 3.05) is 0 Å². The van der Waals surface area contributed by atoms with Crippen LogP contribution in [-0.4, -0.2) is 27.0 Å². The Morgan fingerprint density at radius 1 is 1.42 bits per heavy atom. The molecule has 0 aliphatic heterocycles. The molecule has 1 saturated carbocycles. The first kappa shape index (κ1) is 13.6. The van der Waals surface area contributed by atoms with Gasteiger partial charge in [0.1, 0.15) is 5.82 Å². The molecule has 3 N–H and O–H groups in total. The Labute approximate surface area is 111 Å². The molecule has 6 heteroatoms. The topological polar surface area (TPSA) is 95.1 Å². The van der Waals surface area contributed by atoms with Gasteiger partial charge in [-0.25, -0.2) is 4.98 Å². The Bertz CT molecular complexity index is 444. The van der Waals surface area contributed by atoms with Crippen LogP contribution in [0.3, 0.4) is 0 Å². The highest BCUT2D eigenvalue weighted by Gasteiger charge is 2.36. The number of carboxylic acids is 1. The number of aromatic nitrogens is 2. The maximum atomic E-state index is 12.2. The third-order valence-corrected chi connectivity index (χ3v) is 3.71. The summed E-state index contributed by atoms with van der Waals surface area (Å²) in [5.74, 6) is -1.36. The van der Waals surface area contributed by atoms with Crippen LogP contribution in [0.4, 0.5) is 0 Å². The number of nitrogens with one attached hydrogen (secondary N) is 2. The first-order valence-corrected chi connectivity index (χ1v) is 6.62. The van der Waals surface area contributed by atoms with E-state index in [1.807, 2.05) is 6.92 Å². The molecule has 104 valence electrons. The van der Waals surface area contributed by atoms with Crippen molar-refractivity contribution < 1.29 is 14.7 Å². The fourth-order valence-electron chi connectivity index (χ4n) is 2.64. The summed E-state index contributed by atoms with van der Waals surface area (Å²) in [6.45, 7) is 1.83. The van der Waals surface area contributed by atoms with Gasteiger partial charge in [0.15, 0.2) is 0 Å². The summed E-state index contributed by atoms with van der Waals surface area (Å²) in [6.07, 6.45) is 6.35. The van der Waals surface area contributed by atoms with Gasteiger partial charge in [0, 0.05) is 12.4 Å². The molecule has 1 aromatic rings. The summed E-state index contributed by atoms with van der Waals surface area (Å²) in [4.78, 5) is 30.4. The first-order valence-electron chi connectivity index (χ1n) is 6.62. The lowest BCUT2D eigenvalue weighted by Gasteiger charge is -2.28. The average Bonchev–Trinajstić information content (AvgIpc) is 2.92. The zero-order valence-electron chi connectivity index (χ0n) is 10.9. The van der Waals surface area contributed by atoms with Crippen molar-refractivity contribution in [1.29, 1.82) is 0 Å². The van der Waals surface area contributed by atoms with Gasteiger partial charge in [-0.3, -0.25) is 9.59 Å². The van der Waals surface area contributed by atoms with Crippen molar-refractivity contribution in [1.82, 2.24) is 15.3 Å². The van der Waals surface area contributed by atoms with Crippen LogP contribution in [0.15, 0.2) is 12.4 Å². The van der Waals surface area contributed by atoms with Crippen molar-refractivity contribution >= 4 is 11.9 Å². The van der Waals surface area contributed by atoms with E-state index in [-0.39, 0.29) is 11.9 Å². The van der Waals surface area contributed by atoms with E-state index in [2.05, 4.69) is 15.3 Å². The number of hydrogen-bond donors (Lipinski definition) is 3. The van der Waals surface area contributed by atoms with E-state index in [4.69, 9.17) is 0 Å². The number of carbonyl (C=O) groups is 2. The maximum Gasteiger partial charge on any atom is 0.307 e. The van der Waals surface area contributed by atoms with Gasteiger partial charge in [-0.1, -0.05) is 12.8 Å². The number of hydrogen-bond acceptors (Lipinski definition) is 3. The predicted molar refractivity (Wildman–Crippen MR) is 68.2 cm³/mol. The van der Waals surface area contributed by atoms with E-state index in [9.17, 15) is 14.7 Å². The number of imidazole rings is 1. The first-order chi connectivity index (χ1) is 9.09. The fraction of sp³-hybridized carbons (Fsp3) is 0.615. The highest BCUT2D eigenvalue weighted by atomic mass is 16.4. The Morgan fingerprint density at radius 3 is 2.68 bits per heavy atom. The van der Waals surface area contributed by atoms with E-state index < -0.39 is 17.8 Å². The molecule has 1 aliphatic carbocycles. The predicted octanol–water partition coefficient (Wildman–Crippen LogP) is 1.48. The third-order valence-electron chi connectivity index (χ3n) is 3.71. The molecule has 6 nitrogen and oxygen atoms in total. The van der Waals surface area contributed by atoms with Crippen molar-refractivity contribution in [3.63, 3.8) is 0 Å². The smallest absolute Gasteiger partial charge is 0.307 e. The number of nitrogens with zero attached hydrogens (tertiary/aromatic N) is 1. The van der Waals surface area contributed by atoms with Gasteiger partial charge in [0.25, 0.3) is 0 Å². The minimum absolute atomic E-state index is 0.184. The molecule has 0 spiro atoms. The zero-order chi connectivity index (χ0) is 13.8. The Kier molecular flexibility index (Phi) is 4.19. The molecule has 0 radical (unpaired) electrons. The SMILES string of the molecule is CC(NC(=O)[C@@H]1CCCC[C@@H]1C(=O)O)c1ncc[nH]1. The van der Waals surface area contributed by atoms with Crippen LogP contribution >= 0.6 is 0 Å². The van der Waals surface area contributed by atoms with Gasteiger partial charge in [0.05, 0.1) is 17.9 Å². The number of aliphatic carboxylic acids is 1. The molecule has 1 fully saturated rings. The van der Waals surface area contributed by atoms with Gasteiger partial charge in [-0.05, 0) is 19.8 Å². The lowest BCUT2D eigenvalue weighted by Crippen LogP contribution is -2.40. The molecule has 1 aliphatic rings. The summed E-state index contributed by atoms with van der Waals surface area (Å²) >= 11 is 0. The number of carboxylic acid groups (broad SMARTS) is 1. The van der Waals surface area contributed by atoms with Crippen LogP contribution in [0.2, 0.25) is 0 Å². The van der Waals surface area contributed by atoms with E-state index in [0.717, 1.165) is 12.8 Å². The quantitative estimate of drug-likeness (QED) is 0.768. The van der Waals surface area contributed by atoms with Gasteiger partial charge in [0.2, 0.25) is 5.91 Å². The molecule has 0 aromatic carbocycles. The van der Waals surface area contributed by atoms with E-state index in [0.29, 0.717) is 18.7 Å². The standard InChI is InChI=1S/C13H19N3O3/c1-8(11-14-6-7-15-11)16-12(17)9-4-2-3-5-10(9)13(18)19/h6-10H,2-5H2,1H3,(H,14,15)(H,16,17)(H,18,19)/t8?,9-,10+/m1/s1. The minimum Gasteiger partial charge on any atom is -0.481 e. The van der Waals surface area contributed by atoms with Gasteiger partial charge >= 0.3 is 5.97 Å².